The molecule has 0 unspecified atom stereocenters. The minimum atomic E-state index is -3.85. The summed E-state index contributed by atoms with van der Waals surface area (Å²) in [5.41, 5.74) is 0. The van der Waals surface area contributed by atoms with Crippen molar-refractivity contribution in [3.8, 4) is 0 Å². The molecule has 0 atom stereocenters. The van der Waals surface area contributed by atoms with E-state index in [1.807, 2.05) is 0 Å². The van der Waals surface area contributed by atoms with Crippen molar-refractivity contribution >= 4 is 10.0 Å². The maximum Gasteiger partial charge on any atom is 0.275 e. The maximum absolute atomic E-state index is 12.6. The van der Waals surface area contributed by atoms with Gasteiger partial charge in [0.1, 0.15) is 5.82 Å². The highest BCUT2D eigenvalue weighted by Crippen LogP contribution is 2.31. The quantitative estimate of drug-likeness (QED) is 0.763. The van der Waals surface area contributed by atoms with Crippen molar-refractivity contribution in [3.63, 3.8) is 0 Å². The minimum absolute atomic E-state index is 0.178. The summed E-state index contributed by atoms with van der Waals surface area (Å²) in [6.07, 6.45) is 1.32. The molecule has 16 heavy (non-hydrogen) atoms. The Hall–Kier alpha value is -1.02. The van der Waals surface area contributed by atoms with Crippen LogP contribution >= 0.6 is 0 Å². The molecule has 0 spiro atoms. The number of alkyl halides is 2. The van der Waals surface area contributed by atoms with Gasteiger partial charge in [-0.25, -0.2) is 22.2 Å². The molecule has 0 N–H and O–H groups in total. The fourth-order valence-corrected chi connectivity index (χ4v) is 2.94. The lowest BCUT2D eigenvalue weighted by atomic mass is 10.2. The van der Waals surface area contributed by atoms with E-state index in [1.165, 1.54) is 10.8 Å². The number of rotatable bonds is 2. The van der Waals surface area contributed by atoms with Crippen molar-refractivity contribution in [2.45, 2.75) is 17.9 Å². The van der Waals surface area contributed by atoms with E-state index in [9.17, 15) is 17.2 Å². The van der Waals surface area contributed by atoms with E-state index in [0.29, 0.717) is 5.82 Å². The number of sulfonamides is 1. The molecule has 1 aromatic heterocycles. The number of halogens is 2. The van der Waals surface area contributed by atoms with Gasteiger partial charge in [-0.3, -0.25) is 0 Å². The Morgan fingerprint density at radius 2 is 2.00 bits per heavy atom. The molecule has 1 aliphatic heterocycles. The number of nitrogens with zero attached hydrogens (tertiary/aromatic N) is 3. The smallest absolute Gasteiger partial charge is 0.275 e. The summed E-state index contributed by atoms with van der Waals surface area (Å²) in [6.45, 7) is 0.125. The summed E-state index contributed by atoms with van der Waals surface area (Å²) in [5, 5.41) is -0.178. The molecule has 2 heterocycles. The molecular formula is C8H11F2N3O2S. The molecule has 1 aromatic rings. The second-order valence-corrected chi connectivity index (χ2v) is 5.75. The number of aromatic nitrogens is 2. The first-order valence-electron chi connectivity index (χ1n) is 4.60. The average Bonchev–Trinajstić information content (AvgIpc) is 2.43. The van der Waals surface area contributed by atoms with E-state index in [-0.39, 0.29) is 5.03 Å². The molecule has 8 heteroatoms. The van der Waals surface area contributed by atoms with Gasteiger partial charge >= 0.3 is 0 Å². The van der Waals surface area contributed by atoms with Gasteiger partial charge in [0.25, 0.3) is 15.9 Å². The van der Waals surface area contributed by atoms with Gasteiger partial charge in [-0.2, -0.15) is 4.31 Å². The Bertz CT molecular complexity index is 496. The predicted molar refractivity (Wildman–Crippen MR) is 51.7 cm³/mol. The lowest BCUT2D eigenvalue weighted by Gasteiger charge is -2.36. The first kappa shape index (κ1) is 11.5. The molecule has 0 radical (unpaired) electrons. The molecule has 1 saturated heterocycles. The Morgan fingerprint density at radius 1 is 1.44 bits per heavy atom. The zero-order valence-corrected chi connectivity index (χ0v) is 9.63. The number of imidazole rings is 1. The van der Waals surface area contributed by atoms with Crippen LogP contribution in [0.3, 0.4) is 0 Å². The van der Waals surface area contributed by atoms with Crippen LogP contribution in [0.15, 0.2) is 11.2 Å². The summed E-state index contributed by atoms with van der Waals surface area (Å²) in [4.78, 5) is 3.82. The molecule has 1 fully saturated rings. The molecule has 0 bridgehead atoms. The third-order valence-electron chi connectivity index (χ3n) is 2.51. The fourth-order valence-electron chi connectivity index (χ4n) is 1.42. The number of hydrogen-bond donors (Lipinski definition) is 0. The van der Waals surface area contributed by atoms with Gasteiger partial charge < -0.3 is 4.57 Å². The Balaban J connectivity index is 2.27. The van der Waals surface area contributed by atoms with Gasteiger partial charge in [-0.15, -0.1) is 0 Å². The molecule has 5 nitrogen and oxygen atoms in total. The van der Waals surface area contributed by atoms with Crippen LogP contribution in [0.5, 0.6) is 0 Å². The first-order valence-corrected chi connectivity index (χ1v) is 6.04. The highest BCUT2D eigenvalue weighted by molar-refractivity contribution is 7.89. The second-order valence-electron chi connectivity index (χ2n) is 3.87. The minimum Gasteiger partial charge on any atom is -0.337 e. The van der Waals surface area contributed by atoms with Crippen molar-refractivity contribution in [2.75, 3.05) is 13.1 Å². The van der Waals surface area contributed by atoms with E-state index >= 15 is 0 Å². The lowest BCUT2D eigenvalue weighted by Crippen LogP contribution is -2.58. The Morgan fingerprint density at radius 3 is 2.38 bits per heavy atom. The van der Waals surface area contributed by atoms with Crippen LogP contribution < -0.4 is 0 Å². The van der Waals surface area contributed by atoms with E-state index in [0.717, 1.165) is 4.31 Å². The molecular weight excluding hydrogens is 240 g/mol. The zero-order valence-electron chi connectivity index (χ0n) is 8.81. The van der Waals surface area contributed by atoms with Crippen molar-refractivity contribution in [3.05, 3.63) is 12.0 Å². The average molecular weight is 251 g/mol. The van der Waals surface area contributed by atoms with E-state index in [1.54, 1.807) is 14.0 Å². The summed E-state index contributed by atoms with van der Waals surface area (Å²) in [6, 6.07) is 0. The molecule has 0 saturated carbocycles. The number of hydrogen-bond acceptors (Lipinski definition) is 3. The van der Waals surface area contributed by atoms with Crippen molar-refractivity contribution in [1.29, 1.82) is 0 Å². The van der Waals surface area contributed by atoms with E-state index in [4.69, 9.17) is 0 Å². The first-order chi connectivity index (χ1) is 7.22. The SMILES string of the molecule is Cc1nc(S(=O)(=O)N2CC(F)(F)C2)cn1C. The van der Waals surface area contributed by atoms with Crippen LogP contribution in [0, 0.1) is 6.92 Å². The number of aryl methyl sites for hydroxylation is 2. The van der Waals surface area contributed by atoms with Gasteiger partial charge in [0.15, 0.2) is 5.03 Å². The second kappa shape index (κ2) is 3.24. The van der Waals surface area contributed by atoms with Crippen LogP contribution in [0.4, 0.5) is 8.78 Å². The lowest BCUT2D eigenvalue weighted by molar-refractivity contribution is -0.0945. The topological polar surface area (TPSA) is 55.2 Å². The molecule has 0 aromatic carbocycles. The third kappa shape index (κ3) is 1.71. The van der Waals surface area contributed by atoms with Crippen molar-refractivity contribution in [1.82, 2.24) is 13.9 Å². The summed E-state index contributed by atoms with van der Waals surface area (Å²) >= 11 is 0. The summed E-state index contributed by atoms with van der Waals surface area (Å²) < 4.78 is 51.0. The van der Waals surface area contributed by atoms with Gasteiger partial charge in [0.05, 0.1) is 13.1 Å². The van der Waals surface area contributed by atoms with E-state index < -0.39 is 29.0 Å². The molecule has 1 aliphatic rings. The van der Waals surface area contributed by atoms with Crippen LogP contribution in [-0.2, 0) is 17.1 Å². The predicted octanol–water partition coefficient (Wildman–Crippen LogP) is 0.368. The summed E-state index contributed by atoms with van der Waals surface area (Å²) in [5.74, 6) is -2.39. The van der Waals surface area contributed by atoms with Crippen LogP contribution in [0.2, 0.25) is 0 Å². The maximum atomic E-state index is 12.6. The van der Waals surface area contributed by atoms with Crippen molar-refractivity contribution in [2.24, 2.45) is 7.05 Å². The molecule has 2 rings (SSSR count). The highest BCUT2D eigenvalue weighted by Gasteiger charge is 2.50. The summed E-state index contributed by atoms with van der Waals surface area (Å²) in [7, 11) is -2.21. The van der Waals surface area contributed by atoms with Crippen LogP contribution in [0.1, 0.15) is 5.82 Å². The third-order valence-corrected chi connectivity index (χ3v) is 4.17. The van der Waals surface area contributed by atoms with Gasteiger partial charge in [-0.1, -0.05) is 0 Å². The van der Waals surface area contributed by atoms with Crippen LogP contribution in [-0.4, -0.2) is 41.3 Å². The molecule has 90 valence electrons. The Kier molecular flexibility index (Phi) is 2.32. The normalized spacial score (nSPS) is 20.8. The Labute approximate surface area is 91.7 Å². The van der Waals surface area contributed by atoms with Crippen molar-refractivity contribution < 1.29 is 17.2 Å². The standard InChI is InChI=1S/C8H11F2N3O2S/c1-6-11-7(3-12(6)2)16(14,15)13-4-8(9,10)5-13/h3H,4-5H2,1-2H3. The molecule has 0 amide bonds. The monoisotopic (exact) mass is 251 g/mol. The van der Waals surface area contributed by atoms with Gasteiger partial charge in [0, 0.05) is 13.2 Å². The van der Waals surface area contributed by atoms with Gasteiger partial charge in [-0.05, 0) is 6.92 Å². The highest BCUT2D eigenvalue weighted by atomic mass is 32.2. The zero-order chi connectivity index (χ0) is 12.1. The molecule has 0 aliphatic carbocycles. The fraction of sp³-hybridized carbons (Fsp3) is 0.625. The largest absolute Gasteiger partial charge is 0.337 e. The van der Waals surface area contributed by atoms with Gasteiger partial charge in [0.2, 0.25) is 0 Å². The van der Waals surface area contributed by atoms with Crippen LogP contribution in [0.25, 0.3) is 0 Å². The van der Waals surface area contributed by atoms with E-state index in [2.05, 4.69) is 4.98 Å².